The molecule has 1 aliphatic heterocycles. The molecule has 1 fully saturated rings. The first-order chi connectivity index (χ1) is 11.6. The zero-order valence-corrected chi connectivity index (χ0v) is 14.5. The molecule has 0 bridgehead atoms. The van der Waals surface area contributed by atoms with Crippen molar-refractivity contribution < 1.29 is 9.53 Å². The second-order valence-electron chi connectivity index (χ2n) is 6.10. The summed E-state index contributed by atoms with van der Waals surface area (Å²) in [6.07, 6.45) is 5.44. The molecule has 1 amide bonds. The number of hydrogen-bond acceptors (Lipinski definition) is 3. The lowest BCUT2D eigenvalue weighted by molar-refractivity contribution is -0.000477. The molecule has 126 valence electrons. The molecule has 2 heterocycles. The van der Waals surface area contributed by atoms with Crippen molar-refractivity contribution in [2.45, 2.75) is 32.5 Å². The SMILES string of the molecule is Cc1cccc(Cl)c1C(=O)N1CCC(OCc2cccnc2)CC1. The van der Waals surface area contributed by atoms with Crippen LogP contribution in [0.2, 0.25) is 5.02 Å². The van der Waals surface area contributed by atoms with Crippen LogP contribution in [0.1, 0.15) is 34.3 Å². The molecule has 0 radical (unpaired) electrons. The van der Waals surface area contributed by atoms with E-state index in [-0.39, 0.29) is 12.0 Å². The van der Waals surface area contributed by atoms with E-state index in [1.54, 1.807) is 12.3 Å². The van der Waals surface area contributed by atoms with Crippen LogP contribution in [0, 0.1) is 6.92 Å². The van der Waals surface area contributed by atoms with Gasteiger partial charge >= 0.3 is 0 Å². The van der Waals surface area contributed by atoms with Gasteiger partial charge in [0.2, 0.25) is 0 Å². The van der Waals surface area contributed by atoms with Gasteiger partial charge in [-0.15, -0.1) is 0 Å². The van der Waals surface area contributed by atoms with E-state index in [1.165, 1.54) is 0 Å². The largest absolute Gasteiger partial charge is 0.373 e. The quantitative estimate of drug-likeness (QED) is 0.845. The Bertz CT molecular complexity index is 678. The van der Waals surface area contributed by atoms with Crippen LogP contribution in [0.5, 0.6) is 0 Å². The molecule has 0 unspecified atom stereocenters. The first-order valence-electron chi connectivity index (χ1n) is 8.20. The summed E-state index contributed by atoms with van der Waals surface area (Å²) in [5.41, 5.74) is 2.61. The molecule has 0 saturated carbocycles. The number of halogens is 1. The standard InChI is InChI=1S/C19H21ClN2O2/c1-14-4-2-6-17(20)18(14)19(23)22-10-7-16(8-11-22)24-13-15-5-3-9-21-12-15/h2-6,9,12,16H,7-8,10-11,13H2,1H3. The van der Waals surface area contributed by atoms with Gasteiger partial charge in [0.05, 0.1) is 23.3 Å². The maximum absolute atomic E-state index is 12.7. The molecule has 1 saturated heterocycles. The fourth-order valence-corrected chi connectivity index (χ4v) is 3.29. The monoisotopic (exact) mass is 344 g/mol. The van der Waals surface area contributed by atoms with E-state index in [2.05, 4.69) is 4.98 Å². The fourth-order valence-electron chi connectivity index (χ4n) is 2.98. The number of pyridine rings is 1. The van der Waals surface area contributed by atoms with E-state index in [0.717, 1.165) is 24.0 Å². The van der Waals surface area contributed by atoms with Crippen molar-refractivity contribution in [1.82, 2.24) is 9.88 Å². The molecule has 0 atom stereocenters. The number of aromatic nitrogens is 1. The Morgan fingerprint density at radius 1 is 1.29 bits per heavy atom. The van der Waals surface area contributed by atoms with Gasteiger partial charge in [-0.05, 0) is 43.0 Å². The van der Waals surface area contributed by atoms with Gasteiger partial charge in [-0.3, -0.25) is 9.78 Å². The number of ether oxygens (including phenoxy) is 1. The molecule has 0 spiro atoms. The van der Waals surface area contributed by atoms with E-state index < -0.39 is 0 Å². The Labute approximate surface area is 147 Å². The van der Waals surface area contributed by atoms with Crippen LogP contribution in [0.4, 0.5) is 0 Å². The highest BCUT2D eigenvalue weighted by Gasteiger charge is 2.26. The van der Waals surface area contributed by atoms with E-state index in [0.29, 0.717) is 30.3 Å². The van der Waals surface area contributed by atoms with Crippen LogP contribution in [0.3, 0.4) is 0 Å². The summed E-state index contributed by atoms with van der Waals surface area (Å²) in [6.45, 7) is 3.88. The molecule has 2 aromatic rings. The highest BCUT2D eigenvalue weighted by molar-refractivity contribution is 6.34. The van der Waals surface area contributed by atoms with Gasteiger partial charge in [0.25, 0.3) is 5.91 Å². The van der Waals surface area contributed by atoms with E-state index in [4.69, 9.17) is 16.3 Å². The van der Waals surface area contributed by atoms with Crippen molar-refractivity contribution in [2.75, 3.05) is 13.1 Å². The number of nitrogens with zero attached hydrogens (tertiary/aromatic N) is 2. The molecule has 0 aliphatic carbocycles. The highest BCUT2D eigenvalue weighted by atomic mass is 35.5. The second kappa shape index (κ2) is 7.77. The van der Waals surface area contributed by atoms with E-state index >= 15 is 0 Å². The Morgan fingerprint density at radius 3 is 2.75 bits per heavy atom. The third-order valence-electron chi connectivity index (χ3n) is 4.37. The summed E-state index contributed by atoms with van der Waals surface area (Å²) in [6, 6.07) is 9.47. The van der Waals surface area contributed by atoms with Crippen molar-refractivity contribution in [3.8, 4) is 0 Å². The first-order valence-corrected chi connectivity index (χ1v) is 8.58. The average molecular weight is 345 g/mol. The van der Waals surface area contributed by atoms with E-state index in [9.17, 15) is 4.79 Å². The fraction of sp³-hybridized carbons (Fsp3) is 0.368. The average Bonchev–Trinajstić information content (AvgIpc) is 2.61. The summed E-state index contributed by atoms with van der Waals surface area (Å²) in [5, 5.41) is 0.523. The second-order valence-corrected chi connectivity index (χ2v) is 6.50. The number of aryl methyl sites for hydroxylation is 1. The van der Waals surface area contributed by atoms with Crippen LogP contribution in [0.15, 0.2) is 42.7 Å². The molecule has 3 rings (SSSR count). The zero-order chi connectivity index (χ0) is 16.9. The number of rotatable bonds is 4. The van der Waals surface area contributed by atoms with Gasteiger partial charge in [-0.1, -0.05) is 29.8 Å². The minimum Gasteiger partial charge on any atom is -0.373 e. The number of amides is 1. The number of likely N-dealkylation sites (tertiary alicyclic amines) is 1. The number of piperidine rings is 1. The topological polar surface area (TPSA) is 42.4 Å². The maximum Gasteiger partial charge on any atom is 0.255 e. The summed E-state index contributed by atoms with van der Waals surface area (Å²) < 4.78 is 5.95. The van der Waals surface area contributed by atoms with E-state index in [1.807, 2.05) is 42.3 Å². The summed E-state index contributed by atoms with van der Waals surface area (Å²) in [4.78, 5) is 18.7. The summed E-state index contributed by atoms with van der Waals surface area (Å²) in [5.74, 6) is 0.0174. The van der Waals surface area contributed by atoms with Crippen molar-refractivity contribution in [2.24, 2.45) is 0 Å². The van der Waals surface area contributed by atoms with Crippen molar-refractivity contribution >= 4 is 17.5 Å². The molecule has 1 aliphatic rings. The molecular weight excluding hydrogens is 324 g/mol. The van der Waals surface area contributed by atoms with Crippen molar-refractivity contribution in [3.05, 3.63) is 64.4 Å². The molecule has 5 heteroatoms. The van der Waals surface area contributed by atoms with Gasteiger partial charge in [-0.25, -0.2) is 0 Å². The number of carbonyl (C=O) groups is 1. The summed E-state index contributed by atoms with van der Waals surface area (Å²) >= 11 is 6.21. The smallest absolute Gasteiger partial charge is 0.255 e. The van der Waals surface area contributed by atoms with Crippen LogP contribution >= 0.6 is 11.6 Å². The minimum atomic E-state index is 0.0174. The number of hydrogen-bond donors (Lipinski definition) is 0. The number of benzene rings is 1. The predicted octanol–water partition coefficient (Wildman–Crippen LogP) is 3.86. The van der Waals surface area contributed by atoms with Gasteiger partial charge in [0.15, 0.2) is 0 Å². The Hall–Kier alpha value is -1.91. The first kappa shape index (κ1) is 16.9. The van der Waals surface area contributed by atoms with Gasteiger partial charge in [0, 0.05) is 25.5 Å². The Kier molecular flexibility index (Phi) is 5.48. The lowest BCUT2D eigenvalue weighted by atomic mass is 10.0. The van der Waals surface area contributed by atoms with Crippen molar-refractivity contribution in [1.29, 1.82) is 0 Å². The molecule has 1 aromatic heterocycles. The molecule has 24 heavy (non-hydrogen) atoms. The number of carbonyl (C=O) groups excluding carboxylic acids is 1. The lowest BCUT2D eigenvalue weighted by Crippen LogP contribution is -2.41. The highest BCUT2D eigenvalue weighted by Crippen LogP contribution is 2.24. The summed E-state index contributed by atoms with van der Waals surface area (Å²) in [7, 11) is 0. The van der Waals surface area contributed by atoms with Gasteiger partial charge in [0.1, 0.15) is 0 Å². The Morgan fingerprint density at radius 2 is 2.08 bits per heavy atom. The maximum atomic E-state index is 12.7. The lowest BCUT2D eigenvalue weighted by Gasteiger charge is -2.32. The predicted molar refractivity (Wildman–Crippen MR) is 94.1 cm³/mol. The van der Waals surface area contributed by atoms with Crippen LogP contribution < -0.4 is 0 Å². The minimum absolute atomic E-state index is 0.0174. The molecule has 4 nitrogen and oxygen atoms in total. The van der Waals surface area contributed by atoms with Gasteiger partial charge < -0.3 is 9.64 Å². The van der Waals surface area contributed by atoms with Crippen LogP contribution in [-0.4, -0.2) is 35.0 Å². The van der Waals surface area contributed by atoms with Crippen LogP contribution in [-0.2, 0) is 11.3 Å². The molecular formula is C19H21ClN2O2. The third kappa shape index (κ3) is 3.94. The van der Waals surface area contributed by atoms with Crippen molar-refractivity contribution in [3.63, 3.8) is 0 Å². The molecule has 0 N–H and O–H groups in total. The van der Waals surface area contributed by atoms with Crippen LogP contribution in [0.25, 0.3) is 0 Å². The zero-order valence-electron chi connectivity index (χ0n) is 13.7. The van der Waals surface area contributed by atoms with Gasteiger partial charge in [-0.2, -0.15) is 0 Å². The normalized spacial score (nSPS) is 15.5. The Balaban J connectivity index is 1.54. The third-order valence-corrected chi connectivity index (χ3v) is 4.69. The molecule has 1 aromatic carbocycles.